The summed E-state index contributed by atoms with van der Waals surface area (Å²) in [7, 11) is -3.94. The molecule has 0 fully saturated rings. The molecule has 0 unspecified atom stereocenters. The minimum atomic E-state index is -3.94. The van der Waals surface area contributed by atoms with E-state index in [-0.39, 0.29) is 29.7 Å². The predicted octanol–water partition coefficient (Wildman–Crippen LogP) is 5.53. The van der Waals surface area contributed by atoms with Crippen LogP contribution in [0.4, 0.5) is 4.39 Å². The first-order valence-corrected chi connectivity index (χ1v) is 14.4. The molecule has 1 amide bonds. The number of carbonyl (C=O) groups is 1. The van der Waals surface area contributed by atoms with Crippen LogP contribution in [0.15, 0.2) is 64.9 Å². The quantitative estimate of drug-likeness (QED) is 0.351. The van der Waals surface area contributed by atoms with Crippen LogP contribution in [-0.2, 0) is 21.2 Å². The summed E-state index contributed by atoms with van der Waals surface area (Å²) in [6.45, 7) is 3.84. The predicted molar refractivity (Wildman–Crippen MR) is 139 cm³/mol. The van der Waals surface area contributed by atoms with E-state index in [0.29, 0.717) is 24.4 Å². The molecule has 2 heterocycles. The number of halogens is 2. The second-order valence-corrected chi connectivity index (χ2v) is 12.0. The van der Waals surface area contributed by atoms with Gasteiger partial charge in [-0.05, 0) is 73.2 Å². The Morgan fingerprint density at radius 1 is 1.22 bits per heavy atom. The fraction of sp³-hybridized carbons (Fsp3) is 0.346. The van der Waals surface area contributed by atoms with Crippen LogP contribution in [-0.4, -0.2) is 49.3 Å². The molecule has 10 heteroatoms. The smallest absolute Gasteiger partial charge is 0.243 e. The number of hydrogen-bond acceptors (Lipinski definition) is 5. The third kappa shape index (κ3) is 5.59. The summed E-state index contributed by atoms with van der Waals surface area (Å²) in [5.74, 6) is -0.695. The van der Waals surface area contributed by atoms with E-state index in [2.05, 4.69) is 0 Å². The van der Waals surface area contributed by atoms with Crippen LogP contribution in [0.2, 0.25) is 5.02 Å². The number of benzene rings is 2. The Hall–Kier alpha value is -2.46. The topological polar surface area (TPSA) is 66.9 Å². The van der Waals surface area contributed by atoms with Crippen LogP contribution < -0.4 is 4.74 Å². The van der Waals surface area contributed by atoms with Crippen molar-refractivity contribution in [1.82, 2.24) is 9.21 Å². The van der Waals surface area contributed by atoms with Crippen molar-refractivity contribution in [2.24, 2.45) is 0 Å². The van der Waals surface area contributed by atoms with Crippen LogP contribution in [0.25, 0.3) is 0 Å². The molecule has 1 aliphatic rings. The summed E-state index contributed by atoms with van der Waals surface area (Å²) < 4.78 is 48.2. The Kier molecular flexibility index (Phi) is 8.34. The first kappa shape index (κ1) is 26.6. The molecule has 36 heavy (non-hydrogen) atoms. The molecule has 0 N–H and O–H groups in total. The van der Waals surface area contributed by atoms with Gasteiger partial charge in [0, 0.05) is 22.5 Å². The molecular weight excluding hydrogens is 523 g/mol. The van der Waals surface area contributed by atoms with Gasteiger partial charge in [-0.1, -0.05) is 30.7 Å². The highest BCUT2D eigenvalue weighted by Gasteiger charge is 2.36. The summed E-state index contributed by atoms with van der Waals surface area (Å²) in [5.41, 5.74) is 0.951. The van der Waals surface area contributed by atoms with E-state index in [1.54, 1.807) is 41.4 Å². The minimum absolute atomic E-state index is 0.0592. The molecule has 0 radical (unpaired) electrons. The number of fused-ring (bicyclic) bond motifs is 1. The largest absolute Gasteiger partial charge is 0.488 e. The van der Waals surface area contributed by atoms with E-state index in [1.807, 2.05) is 18.4 Å². The second-order valence-electron chi connectivity index (χ2n) is 8.65. The number of ether oxygens (including phenoxy) is 1. The van der Waals surface area contributed by atoms with Crippen LogP contribution in [0.3, 0.4) is 0 Å². The van der Waals surface area contributed by atoms with Crippen LogP contribution >= 0.6 is 22.9 Å². The fourth-order valence-electron chi connectivity index (χ4n) is 4.25. The highest BCUT2D eigenvalue weighted by atomic mass is 35.5. The first-order chi connectivity index (χ1) is 17.2. The zero-order valence-electron chi connectivity index (χ0n) is 20.1. The lowest BCUT2D eigenvalue weighted by Gasteiger charge is -2.37. The maximum Gasteiger partial charge on any atom is 0.243 e. The van der Waals surface area contributed by atoms with Gasteiger partial charge in [-0.15, -0.1) is 11.3 Å². The molecular formula is C26H28ClFN2O4S2. The number of hydrogen-bond donors (Lipinski definition) is 0. The summed E-state index contributed by atoms with van der Waals surface area (Å²) in [4.78, 5) is 16.5. The third-order valence-corrected chi connectivity index (χ3v) is 9.67. The Balaban J connectivity index is 1.59. The monoisotopic (exact) mass is 550 g/mol. The summed E-state index contributed by atoms with van der Waals surface area (Å²) in [5, 5.41) is 2.39. The van der Waals surface area contributed by atoms with Gasteiger partial charge in [0.25, 0.3) is 0 Å². The van der Waals surface area contributed by atoms with Gasteiger partial charge < -0.3 is 9.64 Å². The van der Waals surface area contributed by atoms with Gasteiger partial charge in [0.15, 0.2) is 11.6 Å². The first-order valence-electron chi connectivity index (χ1n) is 11.7. The maximum absolute atomic E-state index is 14.2. The number of nitrogens with zero attached hydrogens (tertiary/aromatic N) is 2. The van der Waals surface area contributed by atoms with Gasteiger partial charge in [-0.2, -0.15) is 4.31 Å². The van der Waals surface area contributed by atoms with E-state index in [1.165, 1.54) is 34.6 Å². The van der Waals surface area contributed by atoms with Crippen molar-refractivity contribution >= 4 is 38.9 Å². The molecule has 0 bridgehead atoms. The van der Waals surface area contributed by atoms with Gasteiger partial charge in [0.2, 0.25) is 15.9 Å². The molecule has 0 spiro atoms. The SMILES string of the molecule is CC[C@H](C)N(CC(=O)N1CCc2sccc2[C@H]1COc1ccccc1F)S(=O)(=O)c1ccc(Cl)cc1. The Labute approximate surface area is 220 Å². The van der Waals surface area contributed by atoms with Gasteiger partial charge in [-0.25, -0.2) is 12.8 Å². The van der Waals surface area contributed by atoms with Crippen LogP contribution in [0.5, 0.6) is 5.75 Å². The maximum atomic E-state index is 14.2. The normalized spacial score (nSPS) is 16.6. The second kappa shape index (κ2) is 11.3. The fourth-order valence-corrected chi connectivity index (χ4v) is 6.96. The molecule has 0 saturated carbocycles. The van der Waals surface area contributed by atoms with Crippen molar-refractivity contribution in [1.29, 1.82) is 0 Å². The van der Waals surface area contributed by atoms with Gasteiger partial charge >= 0.3 is 0 Å². The van der Waals surface area contributed by atoms with Gasteiger partial charge in [-0.3, -0.25) is 4.79 Å². The molecule has 2 atom stereocenters. The number of amides is 1. The summed E-state index contributed by atoms with van der Waals surface area (Å²) >= 11 is 7.55. The zero-order chi connectivity index (χ0) is 25.9. The van der Waals surface area contributed by atoms with E-state index in [0.717, 1.165) is 10.4 Å². The standard InChI is InChI=1S/C26H28ClFN2O4S2/c1-3-18(2)30(36(32,33)20-10-8-19(27)9-11-20)16-26(31)29-14-12-25-21(13-15-35-25)23(29)17-34-24-7-5-4-6-22(24)28/h4-11,13,15,18,23H,3,12,14,16-17H2,1-2H3/t18-,23+/m0/s1. The number of thiophene rings is 1. The zero-order valence-corrected chi connectivity index (χ0v) is 22.5. The number of para-hydroxylation sites is 1. The summed E-state index contributed by atoms with van der Waals surface area (Å²) in [6.07, 6.45) is 1.21. The van der Waals surface area contributed by atoms with Crippen molar-refractivity contribution in [3.05, 3.63) is 81.3 Å². The molecule has 4 rings (SSSR count). The highest BCUT2D eigenvalue weighted by Crippen LogP contribution is 2.34. The van der Waals surface area contributed by atoms with E-state index < -0.39 is 27.9 Å². The molecule has 6 nitrogen and oxygen atoms in total. The molecule has 2 aromatic carbocycles. The van der Waals surface area contributed by atoms with E-state index >= 15 is 0 Å². The molecule has 3 aromatic rings. The van der Waals surface area contributed by atoms with Crippen molar-refractivity contribution in [2.75, 3.05) is 19.7 Å². The lowest BCUT2D eigenvalue weighted by atomic mass is 10.0. The average molecular weight is 551 g/mol. The molecule has 1 aromatic heterocycles. The van der Waals surface area contributed by atoms with Gasteiger partial charge in [0.05, 0.1) is 17.5 Å². The number of sulfonamides is 1. The molecule has 0 saturated heterocycles. The van der Waals surface area contributed by atoms with Gasteiger partial charge in [0.1, 0.15) is 6.61 Å². The van der Waals surface area contributed by atoms with E-state index in [9.17, 15) is 17.6 Å². The Bertz CT molecular complexity index is 1310. The van der Waals surface area contributed by atoms with Crippen molar-refractivity contribution < 1.29 is 22.3 Å². The third-order valence-electron chi connectivity index (χ3n) is 6.44. The average Bonchev–Trinajstić information content (AvgIpc) is 3.35. The Morgan fingerprint density at radius 2 is 1.94 bits per heavy atom. The van der Waals surface area contributed by atoms with E-state index in [4.69, 9.17) is 16.3 Å². The van der Waals surface area contributed by atoms with Crippen molar-refractivity contribution in [3.8, 4) is 5.75 Å². The molecule has 0 aliphatic carbocycles. The number of carbonyl (C=O) groups excluding carboxylic acids is 1. The minimum Gasteiger partial charge on any atom is -0.488 e. The van der Waals surface area contributed by atoms with Crippen molar-refractivity contribution in [3.63, 3.8) is 0 Å². The lowest BCUT2D eigenvalue weighted by Crippen LogP contribution is -2.49. The lowest BCUT2D eigenvalue weighted by molar-refractivity contribution is -0.135. The highest BCUT2D eigenvalue weighted by molar-refractivity contribution is 7.89. The van der Waals surface area contributed by atoms with Crippen LogP contribution in [0, 0.1) is 5.82 Å². The van der Waals surface area contributed by atoms with Crippen molar-refractivity contribution in [2.45, 2.75) is 43.7 Å². The Morgan fingerprint density at radius 3 is 2.64 bits per heavy atom. The molecule has 192 valence electrons. The van der Waals surface area contributed by atoms with Crippen LogP contribution in [0.1, 0.15) is 36.8 Å². The summed E-state index contributed by atoms with van der Waals surface area (Å²) in [6, 6.07) is 13.2. The molecule has 1 aliphatic heterocycles. The number of rotatable bonds is 9.